The van der Waals surface area contributed by atoms with Crippen molar-refractivity contribution < 1.29 is 47.1 Å². The number of carbonyl (C=O) groups excluding carboxylic acids is 8. The zero-order valence-corrected chi connectivity index (χ0v) is 37.7. The monoisotopic (exact) mass is 927 g/mol. The van der Waals surface area contributed by atoms with Gasteiger partial charge in [0.1, 0.15) is 24.2 Å². The minimum absolute atomic E-state index is 0.159. The fraction of sp³-hybridized carbons (Fsp3) is 0.542. The molecule has 5 aliphatic heterocycles. The van der Waals surface area contributed by atoms with Gasteiger partial charge in [-0.3, -0.25) is 43.7 Å². The number of imide groups is 1. The maximum absolute atomic E-state index is 14.4. The molecule has 0 spiro atoms. The van der Waals surface area contributed by atoms with E-state index in [1.807, 2.05) is 13.0 Å². The van der Waals surface area contributed by atoms with Crippen LogP contribution < -0.4 is 27.4 Å². The molecule has 1 unspecified atom stereocenters. The molecule has 0 saturated carbocycles. The highest BCUT2D eigenvalue weighted by molar-refractivity contribution is 6.05. The van der Waals surface area contributed by atoms with Crippen molar-refractivity contribution in [3.63, 3.8) is 0 Å². The Labute approximate surface area is 388 Å². The molecule has 4 fully saturated rings. The number of fused-ring (bicyclic) bond motifs is 2. The summed E-state index contributed by atoms with van der Waals surface area (Å²) in [7, 11) is 0. The van der Waals surface area contributed by atoms with Crippen molar-refractivity contribution in [3.05, 3.63) is 70.3 Å². The molecule has 8 amide bonds. The molecule has 6 atom stereocenters. The van der Waals surface area contributed by atoms with Crippen LogP contribution in [0.25, 0.3) is 0 Å². The summed E-state index contributed by atoms with van der Waals surface area (Å²) >= 11 is 0. The topological polar surface area (TPSA) is 238 Å². The van der Waals surface area contributed by atoms with Crippen molar-refractivity contribution in [2.75, 3.05) is 32.7 Å². The van der Waals surface area contributed by atoms with Gasteiger partial charge < -0.3 is 41.7 Å². The fourth-order valence-electron chi connectivity index (χ4n) is 10.0. The number of likely N-dealkylation sites (N-methyl/N-ethyl adjacent to an activating group) is 1. The molecule has 0 bridgehead atoms. The highest BCUT2D eigenvalue weighted by Crippen LogP contribution is 2.31. The molecule has 2 aromatic carbocycles. The third kappa shape index (κ3) is 11.5. The quantitative estimate of drug-likeness (QED) is 0.133. The third-order valence-electron chi connectivity index (χ3n) is 13.8. The lowest BCUT2D eigenvalue weighted by Gasteiger charge is -2.37. The lowest BCUT2D eigenvalue weighted by atomic mass is 9.91. The van der Waals surface area contributed by atoms with Gasteiger partial charge >= 0.3 is 0 Å². The van der Waals surface area contributed by atoms with Crippen LogP contribution in [0.15, 0.2) is 36.4 Å². The Bertz CT molecular complexity index is 2350. The first-order valence-corrected chi connectivity index (χ1v) is 23.3. The van der Waals surface area contributed by atoms with E-state index in [1.54, 1.807) is 17.0 Å². The van der Waals surface area contributed by atoms with Gasteiger partial charge in [-0.15, -0.1) is 0 Å². The Morgan fingerprint density at radius 2 is 1.70 bits per heavy atom. The van der Waals surface area contributed by atoms with E-state index in [4.69, 9.17) is 11.5 Å². The highest BCUT2D eigenvalue weighted by Gasteiger charge is 2.45. The number of likely N-dealkylation sites (tertiary alicyclic amines) is 1. The molecule has 19 heteroatoms. The number of hydrogen-bond acceptors (Lipinski definition) is 10. The average molecular weight is 928 g/mol. The average Bonchev–Trinajstić information content (AvgIpc) is 3.88. The van der Waals surface area contributed by atoms with E-state index < -0.39 is 71.4 Å². The van der Waals surface area contributed by atoms with Crippen LogP contribution in [0.5, 0.6) is 0 Å². The molecule has 5 aliphatic rings. The van der Waals surface area contributed by atoms with Crippen LogP contribution in [0.4, 0.5) is 8.78 Å². The normalized spacial score (nSPS) is 23.3. The number of piperidine rings is 2. The van der Waals surface area contributed by atoms with Gasteiger partial charge in [-0.05, 0) is 99.2 Å². The number of halogens is 2. The molecular weight excluding hydrogens is 869 g/mol. The van der Waals surface area contributed by atoms with E-state index in [0.717, 1.165) is 30.7 Å². The van der Waals surface area contributed by atoms with Crippen LogP contribution in [0.3, 0.4) is 0 Å². The Hall–Kier alpha value is -6.26. The Kier molecular flexibility index (Phi) is 15.7. The smallest absolute Gasteiger partial charge is 0.255 e. The second-order valence-corrected chi connectivity index (χ2v) is 18.2. The summed E-state index contributed by atoms with van der Waals surface area (Å²) < 4.78 is 28.4. The van der Waals surface area contributed by atoms with Crippen molar-refractivity contribution in [3.8, 4) is 11.8 Å². The van der Waals surface area contributed by atoms with Crippen molar-refractivity contribution >= 4 is 47.3 Å². The largest absolute Gasteiger partial charge is 0.370 e. The predicted molar refractivity (Wildman–Crippen MR) is 239 cm³/mol. The summed E-state index contributed by atoms with van der Waals surface area (Å²) in [5.74, 6) is 0.393. The summed E-state index contributed by atoms with van der Waals surface area (Å²) in [5.41, 5.74) is 13.9. The second-order valence-electron chi connectivity index (χ2n) is 18.2. The van der Waals surface area contributed by atoms with E-state index in [1.165, 1.54) is 15.9 Å². The lowest BCUT2D eigenvalue weighted by molar-refractivity contribution is -0.144. The van der Waals surface area contributed by atoms with Gasteiger partial charge in [-0.1, -0.05) is 30.9 Å². The molecule has 7 rings (SSSR count). The Morgan fingerprint density at radius 3 is 2.42 bits per heavy atom. The molecule has 0 radical (unpaired) electrons. The van der Waals surface area contributed by atoms with Crippen molar-refractivity contribution in [2.24, 2.45) is 17.4 Å². The minimum Gasteiger partial charge on any atom is -0.370 e. The van der Waals surface area contributed by atoms with Gasteiger partial charge in [-0.25, -0.2) is 8.78 Å². The summed E-state index contributed by atoms with van der Waals surface area (Å²) in [5, 5.41) is 7.78. The number of nitrogens with one attached hydrogen (secondary N) is 3. The number of hydrogen-bond donors (Lipinski definition) is 5. The standard InChI is InChI=1S/C48H59F2N9O8/c1-2-56-21-20-31-11-14-40(59(31)47(66)36(51)27-56)45(64)53-37(13-16-41(52)60)43(62)54-38(25-29-10-12-34(49)35(50)24-29)48(67)57-22-18-28(19-23-57)6-3-4-7-30-8-5-9-32-33(30)26-58(46(32)65)39-15-17-42(61)55-44(39)63/h5,8-10,12,24,28,31,36-40H,2-3,6,11,13-23,25-27,51H2,1H3,(H2,52,60)(H,53,64)(H,54,62)(H,55,61,63)/t31-,36+,37+,38+,39?,40+/m1/s1. The third-order valence-corrected chi connectivity index (χ3v) is 13.8. The second kappa shape index (κ2) is 21.6. The van der Waals surface area contributed by atoms with Gasteiger partial charge in [0.05, 0.1) is 6.04 Å². The van der Waals surface area contributed by atoms with E-state index in [0.29, 0.717) is 75.8 Å². The van der Waals surface area contributed by atoms with E-state index in [2.05, 4.69) is 32.7 Å². The van der Waals surface area contributed by atoms with Crippen molar-refractivity contribution in [2.45, 2.75) is 127 Å². The summed E-state index contributed by atoms with van der Waals surface area (Å²) in [4.78, 5) is 112. The molecule has 7 N–H and O–H groups in total. The van der Waals surface area contributed by atoms with E-state index >= 15 is 0 Å². The zero-order chi connectivity index (χ0) is 47.9. The molecule has 358 valence electrons. The lowest BCUT2D eigenvalue weighted by Crippen LogP contribution is -2.60. The van der Waals surface area contributed by atoms with Crippen molar-refractivity contribution in [1.82, 2.24) is 35.6 Å². The van der Waals surface area contributed by atoms with Gasteiger partial charge in [0.15, 0.2) is 11.6 Å². The molecular formula is C48H59F2N9O8. The van der Waals surface area contributed by atoms with Gasteiger partial charge in [-0.2, -0.15) is 0 Å². The number of primary amides is 1. The summed E-state index contributed by atoms with van der Waals surface area (Å²) in [6.45, 7) is 4.67. The van der Waals surface area contributed by atoms with Crippen LogP contribution in [-0.2, 0) is 46.5 Å². The van der Waals surface area contributed by atoms with E-state index in [-0.39, 0.29) is 73.9 Å². The maximum atomic E-state index is 14.4. The fourth-order valence-corrected chi connectivity index (χ4v) is 10.0. The van der Waals surface area contributed by atoms with Crippen molar-refractivity contribution in [1.29, 1.82) is 0 Å². The van der Waals surface area contributed by atoms with Gasteiger partial charge in [0, 0.05) is 75.6 Å². The van der Waals surface area contributed by atoms with Gasteiger partial charge in [0.2, 0.25) is 41.4 Å². The number of amides is 8. The van der Waals surface area contributed by atoms with Crippen LogP contribution in [0.1, 0.15) is 105 Å². The molecule has 5 heterocycles. The minimum atomic E-state index is -1.33. The first-order valence-electron chi connectivity index (χ1n) is 23.3. The van der Waals surface area contributed by atoms with Crippen LogP contribution in [0.2, 0.25) is 0 Å². The number of benzene rings is 2. The highest BCUT2D eigenvalue weighted by atomic mass is 19.2. The summed E-state index contributed by atoms with van der Waals surface area (Å²) in [6.07, 6.45) is 3.83. The molecule has 2 aromatic rings. The van der Waals surface area contributed by atoms with Gasteiger partial charge in [0.25, 0.3) is 5.91 Å². The number of rotatable bonds is 14. The molecule has 0 aliphatic carbocycles. The molecule has 4 saturated heterocycles. The zero-order valence-electron chi connectivity index (χ0n) is 37.7. The molecule has 17 nitrogen and oxygen atoms in total. The SMILES string of the molecule is CCN1CC[C@H]2CC[C@@H](C(=O)N[C@@H](CCC(N)=O)C(=O)N[C@@H](Cc3ccc(F)c(F)c3)C(=O)N3CCC(CCC#Cc4cccc5c4CN(C4CCC(=O)NC4=O)C5=O)CC3)N2C(=O)[C@@H](N)C1. The number of carbonyl (C=O) groups is 8. The first kappa shape index (κ1) is 48.7. The Morgan fingerprint density at radius 1 is 0.925 bits per heavy atom. The van der Waals surface area contributed by atoms with Crippen LogP contribution >= 0.6 is 0 Å². The van der Waals surface area contributed by atoms with Crippen LogP contribution in [-0.4, -0.2) is 136 Å². The summed E-state index contributed by atoms with van der Waals surface area (Å²) in [6, 6.07) is 3.22. The molecule has 67 heavy (non-hydrogen) atoms. The van der Waals surface area contributed by atoms with Crippen LogP contribution in [0, 0.1) is 29.4 Å². The first-order chi connectivity index (χ1) is 32.1. The Balaban J connectivity index is 0.981. The molecule has 0 aromatic heterocycles. The number of nitrogens with two attached hydrogens (primary N) is 2. The van der Waals surface area contributed by atoms with E-state index in [9.17, 15) is 47.1 Å². The number of nitrogens with zero attached hydrogens (tertiary/aromatic N) is 4. The predicted octanol–water partition coefficient (Wildman–Crippen LogP) is 0.986. The maximum Gasteiger partial charge on any atom is 0.255 e.